The van der Waals surface area contributed by atoms with E-state index in [1.165, 1.54) is 17.2 Å². The van der Waals surface area contributed by atoms with Gasteiger partial charge >= 0.3 is 12.0 Å². The summed E-state index contributed by atoms with van der Waals surface area (Å²) in [6.07, 6.45) is 1.21. The number of ether oxygens (including phenoxy) is 1. The molecule has 174 valence electrons. The van der Waals surface area contributed by atoms with Gasteiger partial charge < -0.3 is 19.4 Å². The van der Waals surface area contributed by atoms with Crippen molar-refractivity contribution in [1.29, 1.82) is 0 Å². The minimum Gasteiger partial charge on any atom is -0.467 e. The third-order valence-electron chi connectivity index (χ3n) is 5.28. The molecule has 1 saturated heterocycles. The maximum atomic E-state index is 13.3. The molecule has 34 heavy (non-hydrogen) atoms. The van der Waals surface area contributed by atoms with Crippen molar-refractivity contribution in [3.63, 3.8) is 0 Å². The largest absolute Gasteiger partial charge is 0.467 e. The molecular formula is C25H23N3O6. The smallest absolute Gasteiger partial charge is 0.338 e. The van der Waals surface area contributed by atoms with E-state index < -0.39 is 29.9 Å². The van der Waals surface area contributed by atoms with Crippen LogP contribution in [-0.2, 0) is 20.9 Å². The van der Waals surface area contributed by atoms with Gasteiger partial charge in [-0.2, -0.15) is 0 Å². The molecule has 3 aromatic rings. The fourth-order valence-corrected chi connectivity index (χ4v) is 3.72. The van der Waals surface area contributed by atoms with Gasteiger partial charge in [0.1, 0.15) is 11.8 Å². The van der Waals surface area contributed by atoms with Gasteiger partial charge in [0, 0.05) is 5.69 Å². The summed E-state index contributed by atoms with van der Waals surface area (Å²) in [4.78, 5) is 53.7. The van der Waals surface area contributed by atoms with Crippen LogP contribution < -0.4 is 10.2 Å². The van der Waals surface area contributed by atoms with Gasteiger partial charge in [-0.3, -0.25) is 9.59 Å². The van der Waals surface area contributed by atoms with E-state index >= 15 is 0 Å². The number of nitrogens with zero attached hydrogens (tertiary/aromatic N) is 2. The molecule has 0 spiro atoms. The van der Waals surface area contributed by atoms with Gasteiger partial charge in [-0.25, -0.2) is 14.5 Å². The number of anilines is 2. The van der Waals surface area contributed by atoms with Gasteiger partial charge in [0.2, 0.25) is 5.91 Å². The molecule has 1 N–H and O–H groups in total. The van der Waals surface area contributed by atoms with E-state index in [4.69, 9.17) is 9.15 Å². The highest BCUT2D eigenvalue weighted by Gasteiger charge is 2.46. The van der Waals surface area contributed by atoms with Crippen molar-refractivity contribution in [3.05, 3.63) is 84.3 Å². The number of amides is 4. The molecule has 4 amide bonds. The lowest BCUT2D eigenvalue weighted by Crippen LogP contribution is -2.37. The topological polar surface area (TPSA) is 109 Å². The maximum absolute atomic E-state index is 13.3. The van der Waals surface area contributed by atoms with Crippen molar-refractivity contribution < 1.29 is 28.3 Å². The Bertz CT molecular complexity index is 1190. The molecule has 1 aliphatic rings. The fourth-order valence-electron chi connectivity index (χ4n) is 3.72. The summed E-state index contributed by atoms with van der Waals surface area (Å²) in [5.74, 6) is -0.994. The SMILES string of the molecule is CCOC(=O)c1cccc(NC(=O)C[C@H]2C(=O)N(c3ccccc3)C(=O)N2Cc2ccco2)c1. The first-order chi connectivity index (χ1) is 16.5. The molecule has 0 bridgehead atoms. The highest BCUT2D eigenvalue weighted by Crippen LogP contribution is 2.28. The minimum atomic E-state index is -1.02. The van der Waals surface area contributed by atoms with Crippen LogP contribution in [0.5, 0.6) is 0 Å². The first-order valence-electron chi connectivity index (χ1n) is 10.8. The summed E-state index contributed by atoms with van der Waals surface area (Å²) in [5.41, 5.74) is 1.10. The number of imide groups is 1. The first-order valence-corrected chi connectivity index (χ1v) is 10.8. The Morgan fingerprint density at radius 3 is 2.53 bits per heavy atom. The molecule has 0 saturated carbocycles. The summed E-state index contributed by atoms with van der Waals surface area (Å²) in [6.45, 7) is 1.98. The molecule has 1 atom stereocenters. The molecule has 0 radical (unpaired) electrons. The number of furan rings is 1. The molecule has 1 aromatic heterocycles. The zero-order valence-corrected chi connectivity index (χ0v) is 18.5. The molecule has 9 nitrogen and oxygen atoms in total. The van der Waals surface area contributed by atoms with E-state index in [0.717, 1.165) is 4.90 Å². The van der Waals surface area contributed by atoms with Gasteiger partial charge in [0.25, 0.3) is 5.91 Å². The number of carbonyl (C=O) groups excluding carboxylic acids is 4. The van der Waals surface area contributed by atoms with Crippen LogP contribution >= 0.6 is 0 Å². The second-order valence-electron chi connectivity index (χ2n) is 7.57. The van der Waals surface area contributed by atoms with Gasteiger partial charge in [-0.1, -0.05) is 24.3 Å². The number of benzene rings is 2. The van der Waals surface area contributed by atoms with Crippen LogP contribution in [0.1, 0.15) is 29.5 Å². The Labute approximate surface area is 195 Å². The summed E-state index contributed by atoms with van der Waals surface area (Å²) < 4.78 is 10.3. The van der Waals surface area contributed by atoms with E-state index in [2.05, 4.69) is 5.32 Å². The highest BCUT2D eigenvalue weighted by molar-refractivity contribution is 6.22. The third-order valence-corrected chi connectivity index (χ3v) is 5.28. The van der Waals surface area contributed by atoms with Crippen LogP contribution in [0, 0.1) is 0 Å². The predicted octanol–water partition coefficient (Wildman–Crippen LogP) is 3.82. The number of esters is 1. The van der Waals surface area contributed by atoms with Crippen LogP contribution in [0.4, 0.5) is 16.2 Å². The van der Waals surface area contributed by atoms with E-state index in [-0.39, 0.29) is 19.6 Å². The van der Waals surface area contributed by atoms with E-state index in [1.54, 1.807) is 67.6 Å². The van der Waals surface area contributed by atoms with Crippen molar-refractivity contribution in [2.45, 2.75) is 25.9 Å². The Morgan fingerprint density at radius 2 is 1.82 bits per heavy atom. The Kier molecular flexibility index (Phi) is 6.72. The van der Waals surface area contributed by atoms with E-state index in [9.17, 15) is 19.2 Å². The summed E-state index contributed by atoms with van der Waals surface area (Å²) in [6, 6.07) is 16.7. The Morgan fingerprint density at radius 1 is 1.03 bits per heavy atom. The molecule has 2 heterocycles. The average Bonchev–Trinajstić information content (AvgIpc) is 3.42. The Hall–Kier alpha value is -4.40. The lowest BCUT2D eigenvalue weighted by atomic mass is 10.1. The lowest BCUT2D eigenvalue weighted by Gasteiger charge is -2.20. The normalized spacial score (nSPS) is 15.5. The number of hydrogen-bond donors (Lipinski definition) is 1. The number of rotatable bonds is 8. The number of para-hydroxylation sites is 1. The van der Waals surface area contributed by atoms with Crippen molar-refractivity contribution >= 4 is 35.2 Å². The Balaban J connectivity index is 1.54. The summed E-state index contributed by atoms with van der Waals surface area (Å²) in [5, 5.41) is 2.70. The van der Waals surface area contributed by atoms with Crippen LogP contribution in [0.2, 0.25) is 0 Å². The van der Waals surface area contributed by atoms with Gasteiger partial charge in [0.05, 0.1) is 37.1 Å². The molecular weight excluding hydrogens is 438 g/mol. The molecule has 1 aliphatic heterocycles. The van der Waals surface area contributed by atoms with Crippen molar-refractivity contribution in [3.8, 4) is 0 Å². The standard InChI is InChI=1S/C25H23N3O6/c1-2-33-24(31)17-8-6-9-18(14-17)26-22(29)15-21-23(30)28(19-10-4-3-5-11-19)25(32)27(21)16-20-12-7-13-34-20/h3-14,21H,2,15-16H2,1H3,(H,26,29)/t21-/m0/s1. The predicted molar refractivity (Wildman–Crippen MR) is 123 cm³/mol. The number of hydrogen-bond acceptors (Lipinski definition) is 6. The minimum absolute atomic E-state index is 0.0389. The molecule has 2 aromatic carbocycles. The summed E-state index contributed by atoms with van der Waals surface area (Å²) in [7, 11) is 0. The van der Waals surface area contributed by atoms with Crippen molar-refractivity contribution in [2.24, 2.45) is 0 Å². The average molecular weight is 461 g/mol. The number of nitrogens with one attached hydrogen (secondary N) is 1. The lowest BCUT2D eigenvalue weighted by molar-refractivity contribution is -0.124. The monoisotopic (exact) mass is 461 g/mol. The van der Waals surface area contributed by atoms with E-state index in [0.29, 0.717) is 22.7 Å². The molecule has 4 rings (SSSR count). The maximum Gasteiger partial charge on any atom is 0.338 e. The zero-order valence-electron chi connectivity index (χ0n) is 18.5. The van der Waals surface area contributed by atoms with Crippen LogP contribution in [0.25, 0.3) is 0 Å². The molecule has 1 fully saturated rings. The number of urea groups is 1. The first kappa shape index (κ1) is 22.8. The quantitative estimate of drug-likeness (QED) is 0.403. The zero-order chi connectivity index (χ0) is 24.1. The molecule has 0 aliphatic carbocycles. The van der Waals surface area contributed by atoms with Crippen molar-refractivity contribution in [1.82, 2.24) is 4.90 Å². The number of carbonyl (C=O) groups is 4. The summed E-state index contributed by atoms with van der Waals surface area (Å²) >= 11 is 0. The second-order valence-corrected chi connectivity index (χ2v) is 7.57. The second kappa shape index (κ2) is 10.0. The fraction of sp³-hybridized carbons (Fsp3) is 0.200. The van der Waals surface area contributed by atoms with E-state index in [1.807, 2.05) is 0 Å². The van der Waals surface area contributed by atoms with Crippen molar-refractivity contribution in [2.75, 3.05) is 16.8 Å². The van der Waals surface area contributed by atoms with Crippen LogP contribution in [0.3, 0.4) is 0 Å². The van der Waals surface area contributed by atoms with Gasteiger partial charge in [0.15, 0.2) is 0 Å². The van der Waals surface area contributed by atoms with Gasteiger partial charge in [-0.05, 0) is 49.4 Å². The van der Waals surface area contributed by atoms with Crippen LogP contribution in [-0.4, -0.2) is 41.4 Å². The molecule has 0 unspecified atom stereocenters. The highest BCUT2D eigenvalue weighted by atomic mass is 16.5. The van der Waals surface area contributed by atoms with Gasteiger partial charge in [-0.15, -0.1) is 0 Å². The molecule has 9 heteroatoms. The van der Waals surface area contributed by atoms with Crippen LogP contribution in [0.15, 0.2) is 77.4 Å². The third kappa shape index (κ3) is 4.83.